The summed E-state index contributed by atoms with van der Waals surface area (Å²) in [6.45, 7) is 2.00. The Bertz CT molecular complexity index is 160. The van der Waals surface area contributed by atoms with E-state index in [0.717, 1.165) is 6.08 Å². The van der Waals surface area contributed by atoms with Gasteiger partial charge in [0.15, 0.2) is 0 Å². The Morgan fingerprint density at radius 1 is 1.90 bits per heavy atom. The third kappa shape index (κ3) is 8.34. The van der Waals surface area contributed by atoms with E-state index in [1.165, 1.54) is 0 Å². The zero-order valence-electron chi connectivity index (χ0n) is 6.05. The molecule has 0 atom stereocenters. The fraction of sp³-hybridized carbons (Fsp3) is 0.333. The number of nitrogens with zero attached hydrogens (tertiary/aromatic N) is 1. The van der Waals surface area contributed by atoms with Crippen LogP contribution >= 0.6 is 0 Å². The molecule has 10 heavy (non-hydrogen) atoms. The molecule has 0 rings (SSSR count). The van der Waals surface area contributed by atoms with Gasteiger partial charge >= 0.3 is 51.4 Å². The Balaban J connectivity index is 0. The second kappa shape index (κ2) is 9.34. The molecular weight excluding hydrogens is 157 g/mol. The monoisotopic (exact) mass is 163 g/mol. The first-order chi connectivity index (χ1) is 4.31. The summed E-state index contributed by atoms with van der Waals surface area (Å²) < 4.78 is 4.41. The summed E-state index contributed by atoms with van der Waals surface area (Å²) >= 11 is 0. The van der Waals surface area contributed by atoms with Gasteiger partial charge in [0.2, 0.25) is 5.97 Å². The van der Waals surface area contributed by atoms with Crippen LogP contribution in [0, 0.1) is 17.4 Å². The normalized spacial score (nSPS) is 8.00. The van der Waals surface area contributed by atoms with Crippen molar-refractivity contribution in [2.24, 2.45) is 0 Å². The van der Waals surface area contributed by atoms with Crippen LogP contribution in [0.3, 0.4) is 0 Å². The molecule has 0 fully saturated rings. The second-order valence-corrected chi connectivity index (χ2v) is 1.14. The molecule has 0 aliphatic carbocycles. The molecular formula is C6H6KNO2. The van der Waals surface area contributed by atoms with Crippen molar-refractivity contribution in [3.05, 3.63) is 12.2 Å². The van der Waals surface area contributed by atoms with Crippen LogP contribution in [0.2, 0.25) is 0 Å². The van der Waals surface area contributed by atoms with Crippen molar-refractivity contribution in [3.8, 4) is 6.07 Å². The average Bonchev–Trinajstić information content (AvgIpc) is 1.85. The quantitative estimate of drug-likeness (QED) is 0.148. The van der Waals surface area contributed by atoms with Gasteiger partial charge in [-0.2, -0.15) is 12.2 Å². The number of hydrogen-bond donors (Lipinski definition) is 0. The molecule has 0 bridgehead atoms. The van der Waals surface area contributed by atoms with Crippen LogP contribution in [0.1, 0.15) is 6.92 Å². The van der Waals surface area contributed by atoms with Gasteiger partial charge in [0, 0.05) is 0 Å². The number of ether oxygens (including phenoxy) is 1. The van der Waals surface area contributed by atoms with Gasteiger partial charge in [0.1, 0.15) is 0 Å². The molecule has 4 heteroatoms. The van der Waals surface area contributed by atoms with Crippen LogP contribution in [0.5, 0.6) is 0 Å². The number of nitriles is 1. The number of carbonyl (C=O) groups excluding carboxylic acids is 1. The SMILES string of the molecule is CCOC(=O)[C-]=CC#N.[K+]. The molecule has 0 unspecified atom stereocenters. The molecule has 0 aliphatic heterocycles. The summed E-state index contributed by atoms with van der Waals surface area (Å²) in [5, 5.41) is 7.91. The van der Waals surface area contributed by atoms with Crippen molar-refractivity contribution in [1.29, 1.82) is 5.26 Å². The molecule has 0 aromatic rings. The molecule has 0 aliphatic rings. The third-order valence-corrected chi connectivity index (χ3v) is 0.530. The Hall–Kier alpha value is 0.336. The molecule has 3 nitrogen and oxygen atoms in total. The van der Waals surface area contributed by atoms with Gasteiger partial charge in [0.05, 0.1) is 6.61 Å². The van der Waals surface area contributed by atoms with E-state index in [-0.39, 0.29) is 51.4 Å². The molecule has 48 valence electrons. The summed E-state index contributed by atoms with van der Waals surface area (Å²) in [5.74, 6) is -0.598. The van der Waals surface area contributed by atoms with Crippen molar-refractivity contribution in [2.75, 3.05) is 6.61 Å². The van der Waals surface area contributed by atoms with Crippen molar-refractivity contribution >= 4 is 5.97 Å². The van der Waals surface area contributed by atoms with E-state index in [9.17, 15) is 4.79 Å². The van der Waals surface area contributed by atoms with Gasteiger partial charge in [-0.3, -0.25) is 4.79 Å². The summed E-state index contributed by atoms with van der Waals surface area (Å²) in [7, 11) is 0. The number of allylic oxidation sites excluding steroid dienone is 1. The van der Waals surface area contributed by atoms with Crippen molar-refractivity contribution in [3.63, 3.8) is 0 Å². The van der Waals surface area contributed by atoms with Crippen molar-refractivity contribution < 1.29 is 60.9 Å². The fourth-order valence-electron chi connectivity index (χ4n) is 0.264. The predicted octanol–water partition coefficient (Wildman–Crippen LogP) is -2.56. The van der Waals surface area contributed by atoms with Gasteiger partial charge < -0.3 is 10.00 Å². The van der Waals surface area contributed by atoms with Crippen LogP contribution in [0.15, 0.2) is 6.08 Å². The Morgan fingerprint density at radius 2 is 2.50 bits per heavy atom. The van der Waals surface area contributed by atoms with E-state index in [4.69, 9.17) is 5.26 Å². The Kier molecular flexibility index (Phi) is 12.1. The number of rotatable bonds is 2. The summed E-state index contributed by atoms with van der Waals surface area (Å²) in [5.41, 5.74) is 0. The van der Waals surface area contributed by atoms with E-state index in [2.05, 4.69) is 10.8 Å². The first-order valence-corrected chi connectivity index (χ1v) is 2.45. The average molecular weight is 163 g/mol. The number of hydrogen-bond acceptors (Lipinski definition) is 3. The first-order valence-electron chi connectivity index (χ1n) is 2.45. The smallest absolute Gasteiger partial charge is 0.477 e. The fourth-order valence-corrected chi connectivity index (χ4v) is 0.264. The van der Waals surface area contributed by atoms with E-state index in [0.29, 0.717) is 6.61 Å². The minimum absolute atomic E-state index is 0. The molecule has 0 aromatic heterocycles. The van der Waals surface area contributed by atoms with Crippen molar-refractivity contribution in [2.45, 2.75) is 6.92 Å². The van der Waals surface area contributed by atoms with Crippen LogP contribution in [-0.2, 0) is 9.53 Å². The summed E-state index contributed by atoms with van der Waals surface area (Å²) in [6, 6.07) is 1.62. The minimum Gasteiger partial charge on any atom is -0.477 e. The molecule has 0 aromatic carbocycles. The van der Waals surface area contributed by atoms with Crippen LogP contribution in [0.25, 0.3) is 0 Å². The van der Waals surface area contributed by atoms with Gasteiger partial charge in [-0.1, -0.05) is 0 Å². The minimum atomic E-state index is -0.598. The number of esters is 1. The van der Waals surface area contributed by atoms with E-state index in [1.807, 2.05) is 0 Å². The van der Waals surface area contributed by atoms with Gasteiger partial charge in [0.25, 0.3) is 0 Å². The second-order valence-electron chi connectivity index (χ2n) is 1.14. The standard InChI is InChI=1S/C6H6NO2.K/c1-2-9-6(8)4-3-5-7;/h3H,2H2,1H3;/q-1;+1. The van der Waals surface area contributed by atoms with E-state index >= 15 is 0 Å². The first kappa shape index (κ1) is 13.0. The molecule has 0 N–H and O–H groups in total. The molecule has 0 amide bonds. The molecule has 0 saturated carbocycles. The summed E-state index contributed by atoms with van der Waals surface area (Å²) in [4.78, 5) is 10.3. The zero-order chi connectivity index (χ0) is 7.11. The molecule has 0 heterocycles. The Labute approximate surface area is 102 Å². The topological polar surface area (TPSA) is 50.1 Å². The van der Waals surface area contributed by atoms with Crippen LogP contribution in [0.4, 0.5) is 0 Å². The molecule has 0 radical (unpaired) electrons. The predicted molar refractivity (Wildman–Crippen MR) is 30.1 cm³/mol. The Morgan fingerprint density at radius 3 is 2.90 bits per heavy atom. The number of carbonyl (C=O) groups is 1. The van der Waals surface area contributed by atoms with Gasteiger partial charge in [-0.15, -0.1) is 6.07 Å². The zero-order valence-corrected chi connectivity index (χ0v) is 9.17. The van der Waals surface area contributed by atoms with Crippen molar-refractivity contribution in [1.82, 2.24) is 0 Å². The van der Waals surface area contributed by atoms with E-state index < -0.39 is 5.97 Å². The van der Waals surface area contributed by atoms with Crippen LogP contribution in [-0.4, -0.2) is 12.6 Å². The molecule has 0 saturated heterocycles. The summed E-state index contributed by atoms with van der Waals surface area (Å²) in [6.07, 6.45) is 3.04. The van der Waals surface area contributed by atoms with Crippen LogP contribution < -0.4 is 51.4 Å². The maximum atomic E-state index is 10.3. The largest absolute Gasteiger partial charge is 1.00 e. The molecule has 0 spiro atoms. The maximum Gasteiger partial charge on any atom is 1.00 e. The van der Waals surface area contributed by atoms with Gasteiger partial charge in [-0.25, -0.2) is 0 Å². The van der Waals surface area contributed by atoms with Gasteiger partial charge in [-0.05, 0) is 6.92 Å². The third-order valence-electron chi connectivity index (χ3n) is 0.530. The maximum absolute atomic E-state index is 10.3. The van der Waals surface area contributed by atoms with E-state index in [1.54, 1.807) is 13.0 Å².